The maximum atomic E-state index is 13.5. The Kier molecular flexibility index (Phi) is 28.3. The van der Waals surface area contributed by atoms with Gasteiger partial charge in [0.2, 0.25) is 29.5 Å². The van der Waals surface area contributed by atoms with E-state index >= 15 is 0 Å². The topological polar surface area (TPSA) is 445 Å². The van der Waals surface area contributed by atoms with Crippen molar-refractivity contribution in [3.63, 3.8) is 0 Å². The fourth-order valence-electron chi connectivity index (χ4n) is 8.60. The highest BCUT2D eigenvalue weighted by Gasteiger charge is 2.35. The average molecular weight is 1140 g/mol. The summed E-state index contributed by atoms with van der Waals surface area (Å²) in [6, 6.07) is 0.183. The third-order valence-electron chi connectivity index (χ3n) is 12.6. The molecule has 0 saturated carbocycles. The van der Waals surface area contributed by atoms with Crippen LogP contribution in [0.15, 0.2) is 29.3 Å². The second-order valence-electron chi connectivity index (χ2n) is 19.5. The number of hydrogen-bond donors (Lipinski definition) is 14. The Morgan fingerprint density at radius 2 is 1.15 bits per heavy atom. The van der Waals surface area contributed by atoms with Crippen molar-refractivity contribution in [2.24, 2.45) is 22.4 Å². The van der Waals surface area contributed by atoms with E-state index in [-0.39, 0.29) is 88.6 Å². The van der Waals surface area contributed by atoms with Crippen LogP contribution in [-0.4, -0.2) is 254 Å². The van der Waals surface area contributed by atoms with Crippen LogP contribution >= 0.6 is 12.2 Å². The number of carboxylic acid groups (broad SMARTS) is 5. The number of anilines is 1. The number of carbonyl (C=O) groups excluding carboxylic acids is 5. The molecule has 16 N–H and O–H groups in total. The lowest BCUT2D eigenvalue weighted by molar-refractivity contribution is -0.143. The number of rotatable bonds is 29. The molecular weight excluding hydrogens is 1060 g/mol. The molecule has 0 unspecified atom stereocenters. The van der Waals surface area contributed by atoms with E-state index in [4.69, 9.17) is 23.7 Å². The summed E-state index contributed by atoms with van der Waals surface area (Å²) < 4.78 is 0. The number of carbonyl (C=O) groups is 10. The van der Waals surface area contributed by atoms with Gasteiger partial charge in [-0.25, -0.2) is 4.79 Å². The normalized spacial score (nSPS) is 17.5. The zero-order valence-electron chi connectivity index (χ0n) is 44.3. The van der Waals surface area contributed by atoms with E-state index in [1.54, 1.807) is 45.6 Å². The number of nitrogens with one attached hydrogen (secondary N) is 6. The molecule has 0 aliphatic carbocycles. The summed E-state index contributed by atoms with van der Waals surface area (Å²) in [7, 11) is 0. The minimum Gasteiger partial charge on any atom is -0.481 e. The standard InChI is InChI=1S/C48H76N14O16S/c1-29(2)21-33(42(73)57-35(28-63)44(75)55-32(46(77)78)5-3-11-51-47(49)50)56-43(74)34(22-38(65)66)54-37(64)23-52-45(76)36-6-4-12-62(36)48(79)53-31-9-7-30(8-10-31)24-58-13-15-59(25-39(67)68)17-19-61(27-41(71)72)20-18-60(16-14-58)26-40(69)70/h7-10,29,32-36,63H,3-6,11-28H2,1-2H3,(H,52,76)(H,53,79)(H,54,64)(H,55,75)(H,56,74)(H,57,73)(H,65,66)(H,67,68)(H,69,70)(H,71,72)(H,77,78)(H4,49,50,51)/t32-,33-,34+,35+,36+/m0/s1. The molecule has 31 heteroatoms. The van der Waals surface area contributed by atoms with E-state index in [1.165, 1.54) is 0 Å². The van der Waals surface area contributed by atoms with Gasteiger partial charge in [-0.1, -0.05) is 26.0 Å². The highest BCUT2D eigenvalue weighted by Crippen LogP contribution is 2.21. The van der Waals surface area contributed by atoms with Crippen molar-refractivity contribution >= 4 is 88.4 Å². The van der Waals surface area contributed by atoms with Crippen molar-refractivity contribution in [3.05, 3.63) is 29.8 Å². The van der Waals surface area contributed by atoms with E-state index in [2.05, 4.69) is 41.8 Å². The molecule has 2 fully saturated rings. The van der Waals surface area contributed by atoms with Crippen molar-refractivity contribution in [1.29, 1.82) is 0 Å². The SMILES string of the molecule is CC(C)C[C@H](NC(=O)[C@@H](CC(=O)O)NC(=O)CNC(=O)[C@H]1CCCN1C(=S)Nc1ccc(CN2CCN(CC(=O)O)CCN(CC(=O)O)CCN(CC(=O)O)CC2)cc1)C(=O)N[C@H](CO)C(=O)N[C@@H](CCCN=C(N)N)C(=O)O. The number of aliphatic imine (C=N–C) groups is 1. The number of thiocarbonyl (C=S) groups is 1. The Bertz CT molecular complexity index is 2280. The van der Waals surface area contributed by atoms with Crippen molar-refractivity contribution in [2.75, 3.05) is 104 Å². The van der Waals surface area contributed by atoms with Gasteiger partial charge in [0, 0.05) is 77.7 Å². The maximum absolute atomic E-state index is 13.5. The number of amides is 5. The minimum atomic E-state index is -1.75. The average Bonchev–Trinajstić information content (AvgIpc) is 3.88. The quantitative estimate of drug-likeness (QED) is 0.0156. The molecule has 1 aromatic carbocycles. The first kappa shape index (κ1) is 66.0. The first-order valence-electron chi connectivity index (χ1n) is 25.6. The van der Waals surface area contributed by atoms with Gasteiger partial charge in [0.25, 0.3) is 0 Å². The van der Waals surface area contributed by atoms with Gasteiger partial charge in [0.15, 0.2) is 11.1 Å². The van der Waals surface area contributed by atoms with Gasteiger partial charge < -0.3 is 78.9 Å². The van der Waals surface area contributed by atoms with Gasteiger partial charge in [-0.2, -0.15) is 0 Å². The van der Waals surface area contributed by atoms with Gasteiger partial charge in [0.05, 0.1) is 39.2 Å². The van der Waals surface area contributed by atoms with Gasteiger partial charge in [-0.3, -0.25) is 67.7 Å². The molecular formula is C48H76N14O16S. The smallest absolute Gasteiger partial charge is 0.326 e. The lowest BCUT2D eigenvalue weighted by Crippen LogP contribution is -2.59. The molecule has 0 spiro atoms. The Morgan fingerprint density at radius 3 is 1.63 bits per heavy atom. The van der Waals surface area contributed by atoms with Crippen LogP contribution in [0.5, 0.6) is 0 Å². The number of guanidine groups is 1. The van der Waals surface area contributed by atoms with E-state index in [0.717, 1.165) is 5.56 Å². The summed E-state index contributed by atoms with van der Waals surface area (Å²) in [6.45, 7) is 4.56. The van der Waals surface area contributed by atoms with Crippen LogP contribution in [0.2, 0.25) is 0 Å². The summed E-state index contributed by atoms with van der Waals surface area (Å²) in [5.74, 6) is -11.2. The van der Waals surface area contributed by atoms with Crippen LogP contribution in [-0.2, 0) is 54.5 Å². The zero-order valence-corrected chi connectivity index (χ0v) is 45.2. The van der Waals surface area contributed by atoms with E-state index in [9.17, 15) is 78.6 Å². The Balaban J connectivity index is 1.61. The van der Waals surface area contributed by atoms with Crippen molar-refractivity contribution in [1.82, 2.24) is 51.1 Å². The summed E-state index contributed by atoms with van der Waals surface area (Å²) in [5.41, 5.74) is 12.0. The molecule has 0 aromatic heterocycles. The third-order valence-corrected chi connectivity index (χ3v) is 12.9. The lowest BCUT2D eigenvalue weighted by atomic mass is 10.0. The number of aliphatic carboxylic acids is 5. The molecule has 0 bridgehead atoms. The van der Waals surface area contributed by atoms with Crippen LogP contribution in [0.3, 0.4) is 0 Å². The first-order chi connectivity index (χ1) is 37.3. The van der Waals surface area contributed by atoms with Gasteiger partial charge >= 0.3 is 29.8 Å². The predicted octanol–water partition coefficient (Wildman–Crippen LogP) is -4.47. The number of carboxylic acids is 5. The number of aliphatic hydroxyl groups excluding tert-OH is 1. The summed E-state index contributed by atoms with van der Waals surface area (Å²) in [5, 5.41) is 72.8. The molecule has 2 heterocycles. The molecule has 0 radical (unpaired) electrons. The van der Waals surface area contributed by atoms with E-state index in [1.807, 2.05) is 12.1 Å². The van der Waals surface area contributed by atoms with Crippen LogP contribution < -0.4 is 43.4 Å². The zero-order chi connectivity index (χ0) is 58.8. The molecule has 5 atom stereocenters. The molecule has 2 saturated heterocycles. The number of aliphatic hydroxyl groups is 1. The molecule has 2 aliphatic rings. The molecule has 1 aromatic rings. The van der Waals surface area contributed by atoms with Gasteiger partial charge in [0.1, 0.15) is 30.2 Å². The highest BCUT2D eigenvalue weighted by molar-refractivity contribution is 7.80. The van der Waals surface area contributed by atoms with Crippen molar-refractivity contribution in [3.8, 4) is 0 Å². The van der Waals surface area contributed by atoms with E-state index in [0.29, 0.717) is 57.8 Å². The summed E-state index contributed by atoms with van der Waals surface area (Å²) in [6.07, 6.45) is -0.00493. The molecule has 79 heavy (non-hydrogen) atoms. The lowest BCUT2D eigenvalue weighted by Gasteiger charge is -2.33. The monoisotopic (exact) mass is 1140 g/mol. The fourth-order valence-corrected chi connectivity index (χ4v) is 8.94. The van der Waals surface area contributed by atoms with Crippen LogP contribution in [0.1, 0.15) is 57.9 Å². The summed E-state index contributed by atoms with van der Waals surface area (Å²) >= 11 is 5.70. The number of nitrogens with zero attached hydrogens (tertiary/aromatic N) is 6. The van der Waals surface area contributed by atoms with Gasteiger partial charge in [-0.15, -0.1) is 0 Å². The second-order valence-corrected chi connectivity index (χ2v) is 19.9. The Hall–Kier alpha value is -7.32. The van der Waals surface area contributed by atoms with E-state index < -0.39 is 109 Å². The number of likely N-dealkylation sites (tertiary alicyclic amines) is 1. The predicted molar refractivity (Wildman–Crippen MR) is 287 cm³/mol. The van der Waals surface area contributed by atoms with Crippen LogP contribution in [0.25, 0.3) is 0 Å². The second kappa shape index (κ2) is 33.9. The third kappa shape index (κ3) is 25.4. The van der Waals surface area contributed by atoms with Crippen LogP contribution in [0.4, 0.5) is 5.69 Å². The number of nitrogens with two attached hydrogens (primary N) is 2. The molecule has 2 aliphatic heterocycles. The summed E-state index contributed by atoms with van der Waals surface area (Å²) in [4.78, 5) is 138. The Labute approximate surface area is 461 Å². The molecule has 3 rings (SSSR count). The molecule has 5 amide bonds. The minimum absolute atomic E-state index is 0.0564. The maximum Gasteiger partial charge on any atom is 0.326 e. The largest absolute Gasteiger partial charge is 0.481 e. The fraction of sp³-hybridized carbons (Fsp3) is 0.625. The molecule has 440 valence electrons. The number of benzene rings is 1. The first-order valence-corrected chi connectivity index (χ1v) is 26.0. The van der Waals surface area contributed by atoms with Crippen LogP contribution in [0, 0.1) is 5.92 Å². The van der Waals surface area contributed by atoms with Gasteiger partial charge in [-0.05, 0) is 67.9 Å². The van der Waals surface area contributed by atoms with Crippen molar-refractivity contribution < 1.29 is 78.6 Å². The number of hydrogen-bond acceptors (Lipinski definition) is 17. The highest BCUT2D eigenvalue weighted by atomic mass is 32.1. The van der Waals surface area contributed by atoms with Crippen molar-refractivity contribution in [2.45, 2.75) is 89.1 Å². The molecule has 30 nitrogen and oxygen atoms in total. The Morgan fingerprint density at radius 1 is 0.658 bits per heavy atom.